The van der Waals surface area contributed by atoms with Crippen LogP contribution in [0.5, 0.6) is 0 Å². The fourth-order valence-corrected chi connectivity index (χ4v) is 23.4. The average molecular weight is 594 g/mol. The van der Waals surface area contributed by atoms with Crippen molar-refractivity contribution in [2.45, 2.75) is 11.5 Å². The van der Waals surface area contributed by atoms with Crippen LogP contribution in [0.4, 0.5) is 0 Å². The third-order valence-electron chi connectivity index (χ3n) is 6.68. The van der Waals surface area contributed by atoms with E-state index in [1.165, 1.54) is 24.8 Å². The Kier molecular flexibility index (Phi) is 8.74. The summed E-state index contributed by atoms with van der Waals surface area (Å²) in [6.45, 7) is 2.42. The van der Waals surface area contributed by atoms with Gasteiger partial charge in [-0.1, -0.05) is 0 Å². The van der Waals surface area contributed by atoms with Gasteiger partial charge in [0.15, 0.2) is 0 Å². The van der Waals surface area contributed by atoms with E-state index in [0.29, 0.717) is 0 Å². The Labute approximate surface area is 228 Å². The van der Waals surface area contributed by atoms with Crippen molar-refractivity contribution in [3.8, 4) is 0 Å². The molecule has 0 aliphatic carbocycles. The van der Waals surface area contributed by atoms with Crippen molar-refractivity contribution in [1.29, 1.82) is 0 Å². The van der Waals surface area contributed by atoms with Crippen molar-refractivity contribution in [1.82, 2.24) is 0 Å². The standard InChI is InChI=1S/C32H29ClPSe.ClH/c1-27(35(33,31-23-13-5-14-24-31)32-25-15-6-16-26-32)34(28-17-7-2-8-18-28,29-19-9-3-10-20-29)30-21-11-4-12-22-30;/h2-27H,1H3;1H/q+1;/p-1. The van der Waals surface area contributed by atoms with Crippen LogP contribution in [-0.2, 0) is 0 Å². The first-order chi connectivity index (χ1) is 17.2. The van der Waals surface area contributed by atoms with E-state index in [9.17, 15) is 0 Å². The second kappa shape index (κ2) is 11.8. The molecule has 0 saturated heterocycles. The van der Waals surface area contributed by atoms with Crippen molar-refractivity contribution < 1.29 is 12.4 Å². The van der Waals surface area contributed by atoms with Crippen LogP contribution in [0.15, 0.2) is 152 Å². The summed E-state index contributed by atoms with van der Waals surface area (Å²) in [6, 6.07) is 54.9. The minimum absolute atomic E-state index is 0. The first-order valence-corrected chi connectivity index (χ1v) is 18.7. The average Bonchev–Trinajstić information content (AvgIpc) is 2.96. The van der Waals surface area contributed by atoms with Crippen LogP contribution in [0.25, 0.3) is 0 Å². The van der Waals surface area contributed by atoms with E-state index in [0.717, 1.165) is 0 Å². The molecule has 0 nitrogen and oxygen atoms in total. The molecule has 4 heteroatoms. The Balaban J connectivity index is 0.00000304. The van der Waals surface area contributed by atoms with Crippen LogP contribution < -0.4 is 37.2 Å². The molecular formula is C32H29Cl2PSe. The Morgan fingerprint density at radius 2 is 0.722 bits per heavy atom. The fraction of sp³-hybridized carbons (Fsp3) is 0.0625. The summed E-state index contributed by atoms with van der Waals surface area (Å²) in [4.78, 5) is 0. The van der Waals surface area contributed by atoms with Gasteiger partial charge in [-0.2, -0.15) is 0 Å². The van der Waals surface area contributed by atoms with Crippen molar-refractivity contribution in [2.24, 2.45) is 0 Å². The van der Waals surface area contributed by atoms with E-state index in [1.807, 2.05) is 0 Å². The zero-order valence-electron chi connectivity index (χ0n) is 20.1. The third-order valence-corrected chi connectivity index (χ3v) is 24.6. The predicted octanol–water partition coefficient (Wildman–Crippen LogP) is 2.91. The van der Waals surface area contributed by atoms with E-state index in [4.69, 9.17) is 10.1 Å². The second-order valence-electron chi connectivity index (χ2n) is 8.54. The van der Waals surface area contributed by atoms with Gasteiger partial charge in [-0.05, 0) is 0 Å². The van der Waals surface area contributed by atoms with Crippen LogP contribution in [0, 0.1) is 0 Å². The quantitative estimate of drug-likeness (QED) is 0.201. The smallest absolute Gasteiger partial charge is 1.00 e. The molecule has 0 aliphatic heterocycles. The summed E-state index contributed by atoms with van der Waals surface area (Å²) in [5, 5.41) is 4.12. The van der Waals surface area contributed by atoms with Crippen molar-refractivity contribution in [3.63, 3.8) is 0 Å². The third kappa shape index (κ3) is 4.68. The van der Waals surface area contributed by atoms with Gasteiger partial charge in [-0.15, -0.1) is 0 Å². The fourth-order valence-electron chi connectivity index (χ4n) is 5.05. The molecule has 0 aliphatic rings. The molecular weight excluding hydrogens is 565 g/mol. The molecule has 0 aromatic heterocycles. The van der Waals surface area contributed by atoms with Gasteiger partial charge >= 0.3 is 217 Å². The molecule has 0 N–H and O–H groups in total. The topological polar surface area (TPSA) is 0 Å². The Hall–Kier alpha value is -2.37. The largest absolute Gasteiger partial charge is 1.00 e. The maximum absolute atomic E-state index is 8.16. The van der Waals surface area contributed by atoms with E-state index in [2.05, 4.69) is 159 Å². The predicted molar refractivity (Wildman–Crippen MR) is 158 cm³/mol. The van der Waals surface area contributed by atoms with E-state index < -0.39 is 19.2 Å². The summed E-state index contributed by atoms with van der Waals surface area (Å²) >= 11 is -3.02. The van der Waals surface area contributed by atoms with Crippen LogP contribution in [-0.4, -0.2) is 16.5 Å². The van der Waals surface area contributed by atoms with E-state index in [1.54, 1.807) is 0 Å². The van der Waals surface area contributed by atoms with Gasteiger partial charge in [0.25, 0.3) is 0 Å². The minimum atomic E-state index is -3.02. The van der Waals surface area contributed by atoms with Gasteiger partial charge in [0.1, 0.15) is 0 Å². The zero-order valence-corrected chi connectivity index (χ0v) is 24.2. The van der Waals surface area contributed by atoms with Gasteiger partial charge in [0, 0.05) is 0 Å². The van der Waals surface area contributed by atoms with Crippen LogP contribution in [0.3, 0.4) is 0 Å². The maximum atomic E-state index is 8.16. The van der Waals surface area contributed by atoms with Gasteiger partial charge < -0.3 is 12.4 Å². The van der Waals surface area contributed by atoms with E-state index >= 15 is 0 Å². The number of hydrogen-bond acceptors (Lipinski definition) is 0. The summed E-state index contributed by atoms with van der Waals surface area (Å²) in [5.74, 6) is 0. The zero-order chi connectivity index (χ0) is 24.1. The summed E-state index contributed by atoms with van der Waals surface area (Å²) in [6.07, 6.45) is 0. The summed E-state index contributed by atoms with van der Waals surface area (Å²) in [5.41, 5.74) is 0. The molecule has 0 bridgehead atoms. The molecule has 1 atom stereocenters. The molecule has 0 radical (unpaired) electrons. The summed E-state index contributed by atoms with van der Waals surface area (Å²) in [7, 11) is 6.00. The number of hydrogen-bond donors (Lipinski definition) is 0. The summed E-state index contributed by atoms with van der Waals surface area (Å²) < 4.78 is 2.75. The molecule has 0 fully saturated rings. The Morgan fingerprint density at radius 3 is 1.00 bits per heavy atom. The van der Waals surface area contributed by atoms with Crippen LogP contribution in [0.2, 0.25) is 0 Å². The molecule has 0 heterocycles. The molecule has 182 valence electrons. The number of halogens is 2. The molecule has 0 spiro atoms. The van der Waals surface area contributed by atoms with E-state index in [-0.39, 0.29) is 17.0 Å². The second-order valence-corrected chi connectivity index (χ2v) is 21.5. The molecule has 0 amide bonds. The minimum Gasteiger partial charge on any atom is -1.00 e. The maximum Gasteiger partial charge on any atom is -1.00 e. The molecule has 36 heavy (non-hydrogen) atoms. The molecule has 5 rings (SSSR count). The first kappa shape index (κ1) is 26.7. The van der Waals surface area contributed by atoms with Crippen LogP contribution >= 0.6 is 17.4 Å². The SMILES string of the molecule is CC([P+](c1ccccc1)(c1ccccc1)c1ccccc1)[Se](Cl)(c1ccccc1)c1ccccc1.[Cl-]. The number of benzene rings is 5. The Bertz CT molecular complexity index is 1210. The van der Waals surface area contributed by atoms with Crippen LogP contribution in [0.1, 0.15) is 6.92 Å². The molecule has 1 unspecified atom stereocenters. The van der Waals surface area contributed by atoms with Gasteiger partial charge in [0.05, 0.1) is 0 Å². The van der Waals surface area contributed by atoms with Crippen molar-refractivity contribution >= 4 is 54.1 Å². The molecule has 0 saturated carbocycles. The molecule has 5 aromatic carbocycles. The number of rotatable bonds is 7. The van der Waals surface area contributed by atoms with Crippen molar-refractivity contribution in [2.75, 3.05) is 0 Å². The van der Waals surface area contributed by atoms with Gasteiger partial charge in [-0.25, -0.2) is 0 Å². The monoisotopic (exact) mass is 594 g/mol. The van der Waals surface area contributed by atoms with Gasteiger partial charge in [0.2, 0.25) is 0 Å². The normalized spacial score (nSPS) is 12.8. The first-order valence-electron chi connectivity index (χ1n) is 11.9. The molecule has 5 aromatic rings. The van der Waals surface area contributed by atoms with Crippen molar-refractivity contribution in [3.05, 3.63) is 152 Å². The Morgan fingerprint density at radius 1 is 0.472 bits per heavy atom. The van der Waals surface area contributed by atoms with Gasteiger partial charge in [-0.3, -0.25) is 0 Å².